The molecule has 28 heavy (non-hydrogen) atoms. The molecule has 0 radical (unpaired) electrons. The first-order valence-corrected chi connectivity index (χ1v) is 9.47. The lowest BCUT2D eigenvalue weighted by molar-refractivity contribution is -0.159. The van der Waals surface area contributed by atoms with E-state index < -0.39 is 12.0 Å². The fourth-order valence-electron chi connectivity index (χ4n) is 3.94. The standard InChI is InChI=1S/C20H21N3O5/c1-12(23-18(24)14-9-5-6-10-15(14)19(23)25)20(26)27-11-16-21-22-17(28-16)13-7-3-2-4-8-13/h2-4,7-8,12,14-15H,5-6,9-11H2,1H3/t12-,14?,15?/m0/s1. The molecule has 2 aromatic rings. The predicted molar refractivity (Wildman–Crippen MR) is 96.3 cm³/mol. The van der Waals surface area contributed by atoms with Gasteiger partial charge in [0.15, 0.2) is 6.61 Å². The molecular weight excluding hydrogens is 362 g/mol. The average Bonchev–Trinajstić information content (AvgIpc) is 3.30. The van der Waals surface area contributed by atoms with Gasteiger partial charge < -0.3 is 9.15 Å². The van der Waals surface area contributed by atoms with E-state index in [1.165, 1.54) is 6.92 Å². The Hall–Kier alpha value is -3.03. The molecule has 1 aromatic heterocycles. The van der Waals surface area contributed by atoms with Crippen molar-refractivity contribution in [1.82, 2.24) is 15.1 Å². The van der Waals surface area contributed by atoms with Crippen LogP contribution < -0.4 is 0 Å². The molecule has 8 nitrogen and oxygen atoms in total. The van der Waals surface area contributed by atoms with Crippen LogP contribution in [0, 0.1) is 11.8 Å². The van der Waals surface area contributed by atoms with Crippen molar-refractivity contribution in [3.05, 3.63) is 36.2 Å². The van der Waals surface area contributed by atoms with Crippen molar-refractivity contribution < 1.29 is 23.5 Å². The number of aromatic nitrogens is 2. The summed E-state index contributed by atoms with van der Waals surface area (Å²) in [6, 6.07) is 8.26. The molecular formula is C20H21N3O5. The molecule has 0 bridgehead atoms. The molecule has 2 amide bonds. The molecule has 2 unspecified atom stereocenters. The third-order valence-electron chi connectivity index (χ3n) is 5.43. The number of likely N-dealkylation sites (tertiary alicyclic amines) is 1. The summed E-state index contributed by atoms with van der Waals surface area (Å²) in [5, 5.41) is 7.80. The van der Waals surface area contributed by atoms with E-state index in [-0.39, 0.29) is 36.1 Å². The first-order valence-electron chi connectivity index (χ1n) is 9.47. The first-order chi connectivity index (χ1) is 13.6. The van der Waals surface area contributed by atoms with Crippen LogP contribution in [0.1, 0.15) is 38.5 Å². The topological polar surface area (TPSA) is 103 Å². The zero-order chi connectivity index (χ0) is 19.7. The van der Waals surface area contributed by atoms with Crippen LogP contribution in [0.4, 0.5) is 0 Å². The minimum absolute atomic E-state index is 0.146. The van der Waals surface area contributed by atoms with E-state index >= 15 is 0 Å². The Morgan fingerprint density at radius 2 is 1.79 bits per heavy atom. The molecule has 8 heteroatoms. The van der Waals surface area contributed by atoms with E-state index in [0.717, 1.165) is 23.3 Å². The lowest BCUT2D eigenvalue weighted by Crippen LogP contribution is -2.44. The number of ether oxygens (including phenoxy) is 1. The Morgan fingerprint density at radius 3 is 2.43 bits per heavy atom. The lowest BCUT2D eigenvalue weighted by atomic mass is 9.81. The highest BCUT2D eigenvalue weighted by molar-refractivity contribution is 6.07. The number of benzene rings is 1. The van der Waals surface area contributed by atoms with Gasteiger partial charge in [-0.15, -0.1) is 10.2 Å². The van der Waals surface area contributed by atoms with Crippen LogP contribution in [0.3, 0.4) is 0 Å². The van der Waals surface area contributed by atoms with Crippen LogP contribution in [-0.2, 0) is 25.7 Å². The number of carbonyl (C=O) groups is 3. The highest BCUT2D eigenvalue weighted by atomic mass is 16.5. The van der Waals surface area contributed by atoms with Gasteiger partial charge in [0.2, 0.25) is 17.7 Å². The van der Waals surface area contributed by atoms with Crippen LogP contribution in [0.2, 0.25) is 0 Å². The van der Waals surface area contributed by atoms with E-state index in [1.54, 1.807) is 0 Å². The molecule has 4 rings (SSSR count). The van der Waals surface area contributed by atoms with Crippen LogP contribution in [-0.4, -0.2) is 38.9 Å². The molecule has 1 aliphatic heterocycles. The maximum atomic E-state index is 12.6. The van der Waals surface area contributed by atoms with Gasteiger partial charge in [0.1, 0.15) is 6.04 Å². The largest absolute Gasteiger partial charge is 0.454 e. The van der Waals surface area contributed by atoms with Crippen LogP contribution >= 0.6 is 0 Å². The maximum absolute atomic E-state index is 12.6. The molecule has 1 saturated heterocycles. The Balaban J connectivity index is 1.38. The molecule has 2 heterocycles. The Bertz CT molecular complexity index is 870. The number of imide groups is 1. The molecule has 0 N–H and O–H groups in total. The van der Waals surface area contributed by atoms with E-state index in [2.05, 4.69) is 10.2 Å². The van der Waals surface area contributed by atoms with Crippen molar-refractivity contribution in [3.8, 4) is 11.5 Å². The van der Waals surface area contributed by atoms with Crippen molar-refractivity contribution in [3.63, 3.8) is 0 Å². The van der Waals surface area contributed by atoms with Gasteiger partial charge in [0.25, 0.3) is 5.89 Å². The number of hydrogen-bond donors (Lipinski definition) is 0. The number of fused-ring (bicyclic) bond motifs is 1. The molecule has 3 atom stereocenters. The average molecular weight is 383 g/mol. The number of nitrogens with zero attached hydrogens (tertiary/aromatic N) is 3. The predicted octanol–water partition coefficient (Wildman–Crippen LogP) is 2.34. The second kappa shape index (κ2) is 7.53. The smallest absolute Gasteiger partial charge is 0.329 e. The normalized spacial score (nSPS) is 22.8. The Morgan fingerprint density at radius 1 is 1.14 bits per heavy atom. The number of hydrogen-bond acceptors (Lipinski definition) is 7. The molecule has 2 aliphatic rings. The lowest BCUT2D eigenvalue weighted by Gasteiger charge is -2.21. The maximum Gasteiger partial charge on any atom is 0.329 e. The minimum atomic E-state index is -0.970. The fourth-order valence-corrected chi connectivity index (χ4v) is 3.94. The third kappa shape index (κ3) is 3.30. The highest BCUT2D eigenvalue weighted by Crippen LogP contribution is 2.38. The van der Waals surface area contributed by atoms with Gasteiger partial charge in [-0.25, -0.2) is 4.79 Å². The quantitative estimate of drug-likeness (QED) is 0.577. The molecule has 2 fully saturated rings. The summed E-state index contributed by atoms with van der Waals surface area (Å²) >= 11 is 0. The minimum Gasteiger partial charge on any atom is -0.454 e. The monoisotopic (exact) mass is 383 g/mol. The summed E-state index contributed by atoms with van der Waals surface area (Å²) in [6.45, 7) is 1.30. The van der Waals surface area contributed by atoms with Crippen LogP contribution in [0.5, 0.6) is 0 Å². The summed E-state index contributed by atoms with van der Waals surface area (Å²) in [6.07, 6.45) is 3.29. The van der Waals surface area contributed by atoms with Crippen molar-refractivity contribution >= 4 is 17.8 Å². The van der Waals surface area contributed by atoms with Gasteiger partial charge >= 0.3 is 5.97 Å². The number of esters is 1. The molecule has 1 aromatic carbocycles. The van der Waals surface area contributed by atoms with E-state index in [0.29, 0.717) is 18.7 Å². The Kier molecular flexibility index (Phi) is 4.93. The van der Waals surface area contributed by atoms with Crippen molar-refractivity contribution in [1.29, 1.82) is 0 Å². The van der Waals surface area contributed by atoms with Gasteiger partial charge in [0.05, 0.1) is 11.8 Å². The van der Waals surface area contributed by atoms with Gasteiger partial charge in [-0.2, -0.15) is 0 Å². The van der Waals surface area contributed by atoms with Gasteiger partial charge in [0, 0.05) is 5.56 Å². The summed E-state index contributed by atoms with van der Waals surface area (Å²) in [5.74, 6) is -1.30. The summed E-state index contributed by atoms with van der Waals surface area (Å²) in [4.78, 5) is 38.7. The van der Waals surface area contributed by atoms with E-state index in [9.17, 15) is 14.4 Å². The van der Waals surface area contributed by atoms with E-state index in [1.807, 2.05) is 30.3 Å². The summed E-state index contributed by atoms with van der Waals surface area (Å²) < 4.78 is 10.7. The van der Waals surface area contributed by atoms with Crippen molar-refractivity contribution in [2.24, 2.45) is 11.8 Å². The first kappa shape index (κ1) is 18.3. The zero-order valence-electron chi connectivity index (χ0n) is 15.5. The number of rotatable bonds is 5. The highest BCUT2D eigenvalue weighted by Gasteiger charge is 2.51. The summed E-state index contributed by atoms with van der Waals surface area (Å²) in [7, 11) is 0. The Labute approximate surface area is 161 Å². The van der Waals surface area contributed by atoms with Gasteiger partial charge in [-0.05, 0) is 31.9 Å². The van der Waals surface area contributed by atoms with Crippen LogP contribution in [0.15, 0.2) is 34.7 Å². The molecule has 1 saturated carbocycles. The van der Waals surface area contributed by atoms with Crippen molar-refractivity contribution in [2.75, 3.05) is 0 Å². The second-order valence-corrected chi connectivity index (χ2v) is 7.19. The summed E-state index contributed by atoms with van der Waals surface area (Å²) in [5.41, 5.74) is 0.761. The second-order valence-electron chi connectivity index (χ2n) is 7.19. The molecule has 1 aliphatic carbocycles. The SMILES string of the molecule is C[C@@H](C(=O)OCc1nnc(-c2ccccc2)o1)N1C(=O)C2CCCCC2C1=O. The molecule has 146 valence electrons. The van der Waals surface area contributed by atoms with Crippen molar-refractivity contribution in [2.45, 2.75) is 45.3 Å². The number of amides is 2. The number of carbonyl (C=O) groups excluding carboxylic acids is 3. The van der Waals surface area contributed by atoms with E-state index in [4.69, 9.17) is 9.15 Å². The third-order valence-corrected chi connectivity index (χ3v) is 5.43. The fraction of sp³-hybridized carbons (Fsp3) is 0.450. The van der Waals surface area contributed by atoms with Crippen LogP contribution in [0.25, 0.3) is 11.5 Å². The van der Waals surface area contributed by atoms with Gasteiger partial charge in [-0.1, -0.05) is 31.0 Å². The van der Waals surface area contributed by atoms with Gasteiger partial charge in [-0.3, -0.25) is 14.5 Å². The zero-order valence-corrected chi connectivity index (χ0v) is 15.5. The molecule has 0 spiro atoms.